The maximum Gasteiger partial charge on any atom is 0.240 e. The number of hydrogen-bond donors (Lipinski definition) is 2. The molecule has 7 nitrogen and oxygen atoms in total. The lowest BCUT2D eigenvalue weighted by molar-refractivity contribution is 0.319. The van der Waals surface area contributed by atoms with E-state index in [2.05, 4.69) is 10.8 Å². The Labute approximate surface area is 200 Å². The van der Waals surface area contributed by atoms with Gasteiger partial charge in [-0.3, -0.25) is 0 Å². The Bertz CT molecular complexity index is 1290. The average molecular weight is 504 g/mol. The minimum Gasteiger partial charge on any atom is -0.493 e. The molecule has 0 heterocycles. The molecule has 3 aromatic rings. The van der Waals surface area contributed by atoms with Gasteiger partial charge in [0.15, 0.2) is 0 Å². The number of para-hydroxylation sites is 1. The molecule has 0 amide bonds. The molecule has 33 heavy (non-hydrogen) atoms. The van der Waals surface area contributed by atoms with Crippen molar-refractivity contribution >= 4 is 38.3 Å². The maximum absolute atomic E-state index is 12.6. The lowest BCUT2D eigenvalue weighted by atomic mass is 10.1. The molecule has 3 N–H and O–H groups in total. The first-order chi connectivity index (χ1) is 15.8. The Morgan fingerprint density at radius 3 is 2.48 bits per heavy atom. The molecule has 0 spiro atoms. The Morgan fingerprint density at radius 1 is 1.06 bits per heavy atom. The molecule has 0 saturated heterocycles. The highest BCUT2D eigenvalue weighted by Crippen LogP contribution is 2.25. The fourth-order valence-electron chi connectivity index (χ4n) is 3.07. The van der Waals surface area contributed by atoms with E-state index in [1.807, 2.05) is 18.2 Å². The van der Waals surface area contributed by atoms with E-state index in [0.717, 1.165) is 11.1 Å². The van der Waals surface area contributed by atoms with Gasteiger partial charge < -0.3 is 9.46 Å². The molecule has 172 valence electrons. The van der Waals surface area contributed by atoms with Crippen molar-refractivity contribution < 1.29 is 17.4 Å². The van der Waals surface area contributed by atoms with Crippen LogP contribution in [0.15, 0.2) is 71.6 Å². The molecule has 0 bridgehead atoms. The van der Waals surface area contributed by atoms with Crippen LogP contribution in [0.2, 0.25) is 5.02 Å². The second-order valence-corrected chi connectivity index (χ2v) is 10.4. The summed E-state index contributed by atoms with van der Waals surface area (Å²) >= 11 is 6.12. The highest BCUT2D eigenvalue weighted by atomic mass is 35.5. The van der Waals surface area contributed by atoms with E-state index in [1.165, 1.54) is 12.1 Å². The van der Waals surface area contributed by atoms with Crippen molar-refractivity contribution in [2.24, 2.45) is 5.14 Å². The molecule has 0 fully saturated rings. The number of aryl methyl sites for hydroxylation is 1. The Kier molecular flexibility index (Phi) is 8.47. The van der Waals surface area contributed by atoms with Crippen LogP contribution in [0, 0.1) is 11.3 Å². The summed E-state index contributed by atoms with van der Waals surface area (Å²) in [5.41, 5.74) is 2.66. The van der Waals surface area contributed by atoms with Gasteiger partial charge in [0.05, 0.1) is 23.9 Å². The number of nitrogens with two attached hydrogens (primary N) is 1. The summed E-state index contributed by atoms with van der Waals surface area (Å²) in [4.78, 5) is -0.114. The SMILES string of the molecule is N#Cc1ccc(CCOc2cc(Cl)ccc2CCS(=O)Nc2ccccc2S(N)(=O)=O)cc1. The smallest absolute Gasteiger partial charge is 0.240 e. The van der Waals surface area contributed by atoms with E-state index in [0.29, 0.717) is 35.8 Å². The van der Waals surface area contributed by atoms with Gasteiger partial charge >= 0.3 is 0 Å². The summed E-state index contributed by atoms with van der Waals surface area (Å²) in [5.74, 6) is 0.810. The van der Waals surface area contributed by atoms with E-state index in [9.17, 15) is 12.6 Å². The number of anilines is 1. The van der Waals surface area contributed by atoms with E-state index >= 15 is 0 Å². The van der Waals surface area contributed by atoms with Crippen LogP contribution >= 0.6 is 11.6 Å². The van der Waals surface area contributed by atoms with Crippen LogP contribution in [-0.4, -0.2) is 25.0 Å². The fourth-order valence-corrected chi connectivity index (χ4v) is 4.92. The van der Waals surface area contributed by atoms with Crippen LogP contribution in [0.3, 0.4) is 0 Å². The number of nitrogens with zero attached hydrogens (tertiary/aromatic N) is 1. The molecule has 3 rings (SSSR count). The summed E-state index contributed by atoms with van der Waals surface area (Å²) in [6.07, 6.45) is 1.07. The van der Waals surface area contributed by atoms with E-state index in [4.69, 9.17) is 26.7 Å². The molecule has 0 aromatic heterocycles. The lowest BCUT2D eigenvalue weighted by Crippen LogP contribution is -2.17. The van der Waals surface area contributed by atoms with Crippen molar-refractivity contribution in [3.05, 3.63) is 88.4 Å². The third kappa shape index (κ3) is 7.30. The van der Waals surface area contributed by atoms with Crippen molar-refractivity contribution in [2.45, 2.75) is 17.7 Å². The van der Waals surface area contributed by atoms with Gasteiger partial charge in [-0.05, 0) is 53.9 Å². The molecule has 1 atom stereocenters. The molecule has 0 saturated carbocycles. The van der Waals surface area contributed by atoms with Gasteiger partial charge in [0.25, 0.3) is 0 Å². The van der Waals surface area contributed by atoms with Gasteiger partial charge in [-0.1, -0.05) is 41.9 Å². The number of sulfonamides is 1. The van der Waals surface area contributed by atoms with Crippen molar-refractivity contribution in [3.63, 3.8) is 0 Å². The zero-order valence-corrected chi connectivity index (χ0v) is 19.9. The largest absolute Gasteiger partial charge is 0.493 e. The van der Waals surface area contributed by atoms with Gasteiger partial charge in [0.1, 0.15) is 21.6 Å². The molecule has 1 unspecified atom stereocenters. The predicted molar refractivity (Wildman–Crippen MR) is 130 cm³/mol. The number of hydrogen-bond acceptors (Lipinski definition) is 5. The minimum atomic E-state index is -3.94. The fraction of sp³-hybridized carbons (Fsp3) is 0.174. The van der Waals surface area contributed by atoms with Crippen LogP contribution in [0.5, 0.6) is 5.75 Å². The van der Waals surface area contributed by atoms with Crippen LogP contribution in [0.4, 0.5) is 5.69 Å². The summed E-state index contributed by atoms with van der Waals surface area (Å²) in [6, 6.07) is 20.7. The normalized spacial score (nSPS) is 12.0. The third-order valence-corrected chi connectivity index (χ3v) is 6.96. The first kappa shape index (κ1) is 24.7. The zero-order valence-electron chi connectivity index (χ0n) is 17.5. The summed E-state index contributed by atoms with van der Waals surface area (Å²) in [6.45, 7) is 0.405. The van der Waals surface area contributed by atoms with Crippen molar-refractivity contribution in [3.8, 4) is 11.8 Å². The summed E-state index contributed by atoms with van der Waals surface area (Å²) in [7, 11) is -5.50. The molecule has 0 aliphatic carbocycles. The number of primary sulfonamides is 1. The number of halogens is 1. The van der Waals surface area contributed by atoms with Gasteiger partial charge in [-0.25, -0.2) is 17.8 Å². The quantitative estimate of drug-likeness (QED) is 0.435. The minimum absolute atomic E-state index is 0.114. The first-order valence-corrected chi connectivity index (χ1v) is 13.2. The van der Waals surface area contributed by atoms with Crippen LogP contribution in [-0.2, 0) is 33.9 Å². The Hall–Kier alpha value is -2.90. The second-order valence-electron chi connectivity index (χ2n) is 7.10. The molecule has 0 aliphatic rings. The first-order valence-electron chi connectivity index (χ1n) is 9.93. The van der Waals surface area contributed by atoms with Gasteiger partial charge in [-0.15, -0.1) is 0 Å². The molecular weight excluding hydrogens is 482 g/mol. The Morgan fingerprint density at radius 2 is 1.79 bits per heavy atom. The van der Waals surface area contributed by atoms with Gasteiger partial charge in [0.2, 0.25) is 10.0 Å². The van der Waals surface area contributed by atoms with Crippen molar-refractivity contribution in [1.82, 2.24) is 0 Å². The van der Waals surface area contributed by atoms with Crippen molar-refractivity contribution in [2.75, 3.05) is 17.1 Å². The third-order valence-electron chi connectivity index (χ3n) is 4.73. The molecule has 0 radical (unpaired) electrons. The maximum atomic E-state index is 12.6. The predicted octanol–water partition coefficient (Wildman–Crippen LogP) is 3.80. The second kappa shape index (κ2) is 11.3. The average Bonchev–Trinajstić information content (AvgIpc) is 2.78. The number of nitrogens with one attached hydrogen (secondary N) is 1. The van der Waals surface area contributed by atoms with Crippen molar-refractivity contribution in [1.29, 1.82) is 5.26 Å². The highest BCUT2D eigenvalue weighted by molar-refractivity contribution is 7.89. The molecule has 3 aromatic carbocycles. The Balaban J connectivity index is 1.61. The topological polar surface area (TPSA) is 122 Å². The summed E-state index contributed by atoms with van der Waals surface area (Å²) < 4.78 is 44.7. The summed E-state index contributed by atoms with van der Waals surface area (Å²) in [5, 5.41) is 14.6. The van der Waals surface area contributed by atoms with Gasteiger partial charge in [-0.2, -0.15) is 5.26 Å². The molecule has 10 heteroatoms. The van der Waals surface area contributed by atoms with Crippen LogP contribution in [0.1, 0.15) is 16.7 Å². The van der Waals surface area contributed by atoms with E-state index < -0.39 is 21.0 Å². The van der Waals surface area contributed by atoms with Crippen LogP contribution in [0.25, 0.3) is 0 Å². The lowest BCUT2D eigenvalue weighted by Gasteiger charge is -2.13. The highest BCUT2D eigenvalue weighted by Gasteiger charge is 2.15. The van der Waals surface area contributed by atoms with E-state index in [-0.39, 0.29) is 16.3 Å². The van der Waals surface area contributed by atoms with Crippen LogP contribution < -0.4 is 14.6 Å². The number of ether oxygens (including phenoxy) is 1. The number of benzene rings is 3. The zero-order chi connectivity index (χ0) is 23.8. The molecule has 0 aliphatic heterocycles. The monoisotopic (exact) mass is 503 g/mol. The van der Waals surface area contributed by atoms with E-state index in [1.54, 1.807) is 36.4 Å². The number of rotatable bonds is 10. The van der Waals surface area contributed by atoms with Gasteiger partial charge in [0, 0.05) is 17.2 Å². The molecular formula is C23H22ClN3O4S2. The number of nitriles is 1. The standard InChI is InChI=1S/C23H22ClN3O4S2/c24-20-10-9-19(22(15-20)31-13-11-17-5-7-18(16-25)8-6-17)12-14-32(28)27-21-3-1-2-4-23(21)33(26,29)30/h1-10,15,27H,11-14H2,(H2,26,29,30).